The van der Waals surface area contributed by atoms with Crippen LogP contribution in [0.4, 0.5) is 0 Å². The fraction of sp³-hybridized carbons (Fsp3) is 1.00. The van der Waals surface area contributed by atoms with Crippen LogP contribution < -0.4 is 0 Å². The van der Waals surface area contributed by atoms with Crippen LogP contribution in [0.15, 0.2) is 0 Å². The van der Waals surface area contributed by atoms with Crippen LogP contribution in [0.2, 0.25) is 18.1 Å². The Hall–Kier alpha value is 1.12. The van der Waals surface area contributed by atoms with Crippen molar-refractivity contribution in [3.63, 3.8) is 0 Å². The molecule has 0 N–H and O–H groups in total. The lowest BCUT2D eigenvalue weighted by Crippen LogP contribution is -2.69. The van der Waals surface area contributed by atoms with Gasteiger partial charge in [0.25, 0.3) is 0 Å². The highest BCUT2D eigenvalue weighted by atomic mass is 28.6. The average molecular weight is 1540 g/mol. The van der Waals surface area contributed by atoms with Crippen molar-refractivity contribution in [1.82, 2.24) is 0 Å². The van der Waals surface area contributed by atoms with Crippen LogP contribution in [0.1, 0.15) is 58.3 Å². The Balaban J connectivity index is 9.65. The van der Waals surface area contributed by atoms with Gasteiger partial charge in [0.05, 0.1) is 0 Å². The van der Waals surface area contributed by atoms with E-state index in [4.69, 9.17) is 161 Å². The van der Waals surface area contributed by atoms with E-state index in [1.54, 1.807) is 0 Å². The molecule has 0 aliphatic heterocycles. The third-order valence-corrected chi connectivity index (χ3v) is 50.6. The predicted octanol–water partition coefficient (Wildman–Crippen LogP) is 2.47. The van der Waals surface area contributed by atoms with Gasteiger partial charge in [-0.3, -0.25) is 0 Å². The summed E-state index contributed by atoms with van der Waals surface area (Å²) in [6.07, 6.45) is 2.28. The van der Waals surface area contributed by atoms with Gasteiger partial charge in [-0.25, -0.2) is 0 Å². The molecule has 0 aliphatic rings. The fourth-order valence-corrected chi connectivity index (χ4v) is 46.8. The molecule has 548 valence electrons. The van der Waals surface area contributed by atoms with E-state index in [0.29, 0.717) is 26.1 Å². The van der Waals surface area contributed by atoms with Crippen molar-refractivity contribution in [2.75, 3.05) is 205 Å². The van der Waals surface area contributed by atoms with Crippen LogP contribution in [-0.2, 0) is 161 Å². The van der Waals surface area contributed by atoms with Crippen LogP contribution in [-0.4, -0.2) is 313 Å². The third-order valence-electron chi connectivity index (χ3n) is 14.0. The molecule has 0 aromatic rings. The molecular weight excluding hydrogens is 1430 g/mol. The molecule has 0 heterocycles. The van der Waals surface area contributed by atoms with Crippen molar-refractivity contribution in [2.24, 2.45) is 5.41 Å². The summed E-state index contributed by atoms with van der Waals surface area (Å²) in [5, 5.41) is 0. The predicted molar refractivity (Wildman–Crippen MR) is 338 cm³/mol. The van der Waals surface area contributed by atoms with Crippen molar-refractivity contribution < 1.29 is 161 Å². The summed E-state index contributed by atoms with van der Waals surface area (Å²) in [6.45, 7) is 2.65. The molecule has 0 atom stereocenters. The summed E-state index contributed by atoms with van der Waals surface area (Å²) < 4.78 is 227. The van der Waals surface area contributed by atoms with Gasteiger partial charge >= 0.3 is 108 Å². The maximum absolute atomic E-state index is 6.90. The fourth-order valence-electron chi connectivity index (χ4n) is 9.22. The van der Waals surface area contributed by atoms with Gasteiger partial charge in [-0.15, -0.1) is 0 Å². The summed E-state index contributed by atoms with van der Waals surface area (Å²) in [5.41, 5.74) is -0.879. The van der Waals surface area contributed by atoms with Gasteiger partial charge in [-0.2, -0.15) is 0 Å². The van der Waals surface area contributed by atoms with Crippen LogP contribution >= 0.6 is 0 Å². The molecule has 0 saturated carbocycles. The lowest BCUT2D eigenvalue weighted by Gasteiger charge is -2.43. The molecule has 0 amide bonds. The standard InChI is InChI=1S/C42H110O37Si12/c1-29-70-38-30-34-42(35-31-39-80(71-83(43-2,44-3)45-4,72-84(46-5,47-6)48-7)73-85(49-8,50-9)51-10,36-32-40-81(74-86(52-11,53-12)54-13,75-87(55-14,56-15)57-16)76-88(58-17,59-18)60-19)37-33-41-82(77-89(61-20,62-21)63-22,78-90(64-23,65-24)66-25)79-91(67-26,68-27)69-28/h29-41H2,1-28H3. The first-order chi connectivity index (χ1) is 43.2. The van der Waals surface area contributed by atoms with Crippen molar-refractivity contribution in [3.05, 3.63) is 0 Å². The minimum atomic E-state index is -4.69. The molecule has 0 fully saturated rings. The van der Waals surface area contributed by atoms with Gasteiger partial charge in [0.1, 0.15) is 0 Å². The Morgan fingerprint density at radius 1 is 0.198 bits per heavy atom. The SMILES string of the molecule is CCOCCCC(CCC[Si](O[Si](OC)(OC)OC)(O[Si](OC)(OC)OC)O[Si](OC)(OC)OC)(CCC[Si](O[Si](OC)(OC)OC)(O[Si](OC)(OC)OC)O[Si](OC)(OC)OC)CCC[Si](O[Si](OC)(OC)OC)(O[Si](OC)(OC)OC)O[Si](OC)(OC)OC. The van der Waals surface area contributed by atoms with Crippen molar-refractivity contribution in [1.29, 1.82) is 0 Å². The minimum absolute atomic E-state index is 0.115. The second-order valence-electron chi connectivity index (χ2n) is 18.3. The van der Waals surface area contributed by atoms with Gasteiger partial charge in [0.15, 0.2) is 0 Å². The molecule has 0 radical (unpaired) electrons. The largest absolute Gasteiger partial charge is 0.671 e. The van der Waals surface area contributed by atoms with E-state index in [9.17, 15) is 0 Å². The molecular formula is C42H110O37Si12. The van der Waals surface area contributed by atoms with Crippen LogP contribution in [0.5, 0.6) is 0 Å². The summed E-state index contributed by atoms with van der Waals surface area (Å²) >= 11 is 0. The highest BCUT2D eigenvalue weighted by Gasteiger charge is 2.70. The van der Waals surface area contributed by atoms with Crippen molar-refractivity contribution in [2.45, 2.75) is 76.4 Å². The van der Waals surface area contributed by atoms with Gasteiger partial charge in [-0.05, 0) is 63.7 Å². The second kappa shape index (κ2) is 44.4. The molecule has 0 aromatic heterocycles. The van der Waals surface area contributed by atoms with E-state index in [1.807, 2.05) is 6.92 Å². The summed E-state index contributed by atoms with van der Waals surface area (Å²) in [7, 11) is -16.1. The monoisotopic (exact) mass is 1540 g/mol. The second-order valence-corrected chi connectivity index (χ2v) is 51.3. The first-order valence-electron chi connectivity index (χ1n) is 28.0. The number of rotatable bonds is 62. The quantitative estimate of drug-likeness (QED) is 0.0623. The topological polar surface area (TPSA) is 342 Å². The van der Waals surface area contributed by atoms with Crippen LogP contribution in [0, 0.1) is 5.41 Å². The van der Waals surface area contributed by atoms with Gasteiger partial charge in [0, 0.05) is 223 Å². The van der Waals surface area contributed by atoms with E-state index in [0.717, 1.165) is 0 Å². The van der Waals surface area contributed by atoms with E-state index in [-0.39, 0.29) is 56.7 Å². The highest BCUT2D eigenvalue weighted by Crippen LogP contribution is 2.46. The Labute approximate surface area is 553 Å². The molecule has 91 heavy (non-hydrogen) atoms. The lowest BCUT2D eigenvalue weighted by molar-refractivity contribution is -0.0286. The maximum atomic E-state index is 6.90. The molecule has 0 saturated heterocycles. The smallest absolute Gasteiger partial charge is 0.382 e. The molecule has 0 bridgehead atoms. The van der Waals surface area contributed by atoms with E-state index in [1.165, 1.54) is 192 Å². The molecule has 49 heteroatoms. The first kappa shape index (κ1) is 92.1. The zero-order chi connectivity index (χ0) is 69.9. The summed E-state index contributed by atoms with van der Waals surface area (Å²) in [6, 6.07) is -0.344. The summed E-state index contributed by atoms with van der Waals surface area (Å²) in [4.78, 5) is 0. The lowest BCUT2D eigenvalue weighted by atomic mass is 9.72. The van der Waals surface area contributed by atoms with Crippen LogP contribution in [0.3, 0.4) is 0 Å². The van der Waals surface area contributed by atoms with Crippen molar-refractivity contribution in [3.8, 4) is 0 Å². The van der Waals surface area contributed by atoms with E-state index >= 15 is 0 Å². The molecule has 0 unspecified atom stereocenters. The zero-order valence-electron chi connectivity index (χ0n) is 58.8. The third kappa shape index (κ3) is 25.9. The molecule has 37 nitrogen and oxygen atoms in total. The number of ether oxygens (including phenoxy) is 1. The van der Waals surface area contributed by atoms with Gasteiger partial charge in [0.2, 0.25) is 0 Å². The van der Waals surface area contributed by atoms with Crippen molar-refractivity contribution >= 4 is 108 Å². The zero-order valence-corrected chi connectivity index (χ0v) is 70.8. The average Bonchev–Trinajstić information content (AvgIpc) is 0.803. The minimum Gasteiger partial charge on any atom is -0.382 e. The molecule has 0 aliphatic carbocycles. The summed E-state index contributed by atoms with van der Waals surface area (Å²) in [5.74, 6) is 0. The number of hydrogen-bond acceptors (Lipinski definition) is 37. The highest BCUT2D eigenvalue weighted by molar-refractivity contribution is 6.84. The van der Waals surface area contributed by atoms with Gasteiger partial charge in [-0.1, -0.05) is 0 Å². The Morgan fingerprint density at radius 3 is 0.451 bits per heavy atom. The first-order valence-corrected chi connectivity index (χ1v) is 48.5. The molecule has 0 rings (SSSR count). The Kier molecular flexibility index (Phi) is 44.9. The molecule has 0 spiro atoms. The van der Waals surface area contributed by atoms with Crippen LogP contribution in [0.25, 0.3) is 0 Å². The normalized spacial score (nSPS) is 14.4. The van der Waals surface area contributed by atoms with E-state index < -0.39 is 113 Å². The maximum Gasteiger partial charge on any atom is 0.671 e. The number of hydrogen-bond donors (Lipinski definition) is 0. The van der Waals surface area contributed by atoms with E-state index in [2.05, 4.69) is 0 Å². The Bertz CT molecular complexity index is 1430. The van der Waals surface area contributed by atoms with Gasteiger partial charge < -0.3 is 161 Å². The Morgan fingerprint density at radius 2 is 0.330 bits per heavy atom. The molecule has 0 aromatic carbocycles.